The van der Waals surface area contributed by atoms with Gasteiger partial charge >= 0.3 is 0 Å². The molecule has 2 rings (SSSR count). The second-order valence-electron chi connectivity index (χ2n) is 4.78. The molecule has 1 aliphatic heterocycles. The molecule has 5 heteroatoms. The minimum atomic E-state index is 0.171. The van der Waals surface area contributed by atoms with Crippen LogP contribution in [0.2, 0.25) is 0 Å². The minimum absolute atomic E-state index is 0.171. The van der Waals surface area contributed by atoms with Gasteiger partial charge in [0.15, 0.2) is 0 Å². The summed E-state index contributed by atoms with van der Waals surface area (Å²) in [6, 6.07) is 4.11. The van der Waals surface area contributed by atoms with E-state index in [-0.39, 0.29) is 5.91 Å². The van der Waals surface area contributed by atoms with Gasteiger partial charge in [0, 0.05) is 57.6 Å². The van der Waals surface area contributed by atoms with Gasteiger partial charge in [-0.05, 0) is 19.4 Å². The molecule has 19 heavy (non-hydrogen) atoms. The van der Waals surface area contributed by atoms with Crippen LogP contribution in [-0.4, -0.2) is 48.5 Å². The summed E-state index contributed by atoms with van der Waals surface area (Å²) in [5.41, 5.74) is 1.18. The van der Waals surface area contributed by atoms with Crippen LogP contribution in [0, 0.1) is 0 Å². The van der Waals surface area contributed by atoms with Crippen molar-refractivity contribution >= 4 is 17.4 Å². The van der Waals surface area contributed by atoms with Gasteiger partial charge in [-0.3, -0.25) is 4.79 Å². The number of amides is 1. The zero-order chi connectivity index (χ0) is 13.7. The van der Waals surface area contributed by atoms with Crippen molar-refractivity contribution in [2.45, 2.75) is 20.3 Å². The van der Waals surface area contributed by atoms with Crippen LogP contribution in [0.5, 0.6) is 0 Å². The molecule has 1 fully saturated rings. The molecule has 0 aromatic carbocycles. The van der Waals surface area contributed by atoms with E-state index < -0.39 is 0 Å². The summed E-state index contributed by atoms with van der Waals surface area (Å²) in [6.07, 6.45) is 2.85. The Morgan fingerprint density at radius 2 is 2.21 bits per heavy atom. The van der Waals surface area contributed by atoms with Crippen molar-refractivity contribution in [1.82, 2.24) is 9.88 Å². The van der Waals surface area contributed by atoms with Crippen LogP contribution < -0.4 is 10.2 Å². The average Bonchev–Trinajstić information content (AvgIpc) is 2.65. The first-order valence-electron chi connectivity index (χ1n) is 6.91. The molecule has 0 spiro atoms. The molecule has 0 atom stereocenters. The lowest BCUT2D eigenvalue weighted by molar-refractivity contribution is -0.128. The van der Waals surface area contributed by atoms with E-state index in [4.69, 9.17) is 0 Å². The maximum Gasteiger partial charge on any atom is 0.219 e. The fourth-order valence-electron chi connectivity index (χ4n) is 2.38. The topological polar surface area (TPSA) is 48.5 Å². The Balaban J connectivity index is 2.05. The number of nitrogens with one attached hydrogen (secondary N) is 1. The highest BCUT2D eigenvalue weighted by Gasteiger charge is 2.16. The van der Waals surface area contributed by atoms with Gasteiger partial charge in [-0.1, -0.05) is 0 Å². The first kappa shape index (κ1) is 13.6. The van der Waals surface area contributed by atoms with Crippen LogP contribution in [-0.2, 0) is 4.79 Å². The van der Waals surface area contributed by atoms with Gasteiger partial charge in [-0.2, -0.15) is 0 Å². The van der Waals surface area contributed by atoms with Gasteiger partial charge in [0.1, 0.15) is 5.82 Å². The van der Waals surface area contributed by atoms with E-state index >= 15 is 0 Å². The third kappa shape index (κ3) is 3.59. The molecule has 0 bridgehead atoms. The predicted octanol–water partition coefficient (Wildman–Crippen LogP) is 1.57. The van der Waals surface area contributed by atoms with Crippen LogP contribution >= 0.6 is 0 Å². The lowest BCUT2D eigenvalue weighted by Crippen LogP contribution is -2.33. The summed E-state index contributed by atoms with van der Waals surface area (Å²) >= 11 is 0. The highest BCUT2D eigenvalue weighted by molar-refractivity contribution is 5.73. The molecule has 0 unspecified atom stereocenters. The SMILES string of the molecule is CCNc1cc(N2CCCN(C(C)=O)CC2)ccn1. The van der Waals surface area contributed by atoms with E-state index in [1.165, 1.54) is 5.69 Å². The normalized spacial score (nSPS) is 16.1. The number of rotatable bonds is 3. The minimum Gasteiger partial charge on any atom is -0.370 e. The number of carbonyl (C=O) groups excluding carboxylic acids is 1. The standard InChI is InChI=1S/C14H22N4O/c1-3-15-14-11-13(5-6-16-14)18-8-4-7-17(9-10-18)12(2)19/h5-6,11H,3-4,7-10H2,1-2H3,(H,15,16). The van der Waals surface area contributed by atoms with Crippen LogP contribution in [0.25, 0.3) is 0 Å². The third-order valence-corrected chi connectivity index (χ3v) is 3.41. The molecule has 0 saturated carbocycles. The molecule has 1 aromatic heterocycles. The first-order valence-corrected chi connectivity index (χ1v) is 6.91. The van der Waals surface area contributed by atoms with Gasteiger partial charge < -0.3 is 15.1 Å². The Bertz CT molecular complexity index is 435. The summed E-state index contributed by atoms with van der Waals surface area (Å²) in [6.45, 7) is 8.10. The first-order chi connectivity index (χ1) is 9.20. The highest BCUT2D eigenvalue weighted by atomic mass is 16.2. The number of hydrogen-bond acceptors (Lipinski definition) is 4. The number of carbonyl (C=O) groups is 1. The van der Waals surface area contributed by atoms with Gasteiger partial charge in [0.05, 0.1) is 0 Å². The Morgan fingerprint density at radius 1 is 1.37 bits per heavy atom. The summed E-state index contributed by atoms with van der Waals surface area (Å²) in [4.78, 5) is 20.0. The summed E-state index contributed by atoms with van der Waals surface area (Å²) in [5.74, 6) is 1.08. The van der Waals surface area contributed by atoms with Crippen molar-refractivity contribution in [3.8, 4) is 0 Å². The molecular formula is C14H22N4O. The Labute approximate surface area is 114 Å². The van der Waals surface area contributed by atoms with Crippen molar-refractivity contribution in [2.75, 3.05) is 42.9 Å². The molecule has 2 heterocycles. The summed E-state index contributed by atoms with van der Waals surface area (Å²) in [7, 11) is 0. The third-order valence-electron chi connectivity index (χ3n) is 3.41. The molecule has 1 aliphatic rings. The fourth-order valence-corrected chi connectivity index (χ4v) is 2.38. The molecule has 1 amide bonds. The fraction of sp³-hybridized carbons (Fsp3) is 0.571. The smallest absolute Gasteiger partial charge is 0.219 e. The van der Waals surface area contributed by atoms with Gasteiger partial charge in [0.25, 0.3) is 0 Å². The number of hydrogen-bond donors (Lipinski definition) is 1. The van der Waals surface area contributed by atoms with Crippen LogP contribution in [0.4, 0.5) is 11.5 Å². The molecule has 1 aromatic rings. The maximum atomic E-state index is 11.4. The second-order valence-corrected chi connectivity index (χ2v) is 4.78. The molecule has 0 radical (unpaired) electrons. The molecule has 104 valence electrons. The maximum absolute atomic E-state index is 11.4. The average molecular weight is 262 g/mol. The van der Waals surface area contributed by atoms with Crippen LogP contribution in [0.1, 0.15) is 20.3 Å². The molecule has 1 N–H and O–H groups in total. The Morgan fingerprint density at radius 3 is 2.95 bits per heavy atom. The quantitative estimate of drug-likeness (QED) is 0.898. The largest absolute Gasteiger partial charge is 0.370 e. The predicted molar refractivity (Wildman–Crippen MR) is 77.5 cm³/mol. The summed E-state index contributed by atoms with van der Waals surface area (Å²) in [5, 5.41) is 3.23. The van der Waals surface area contributed by atoms with E-state index in [1.807, 2.05) is 17.2 Å². The zero-order valence-corrected chi connectivity index (χ0v) is 11.7. The number of nitrogens with zero attached hydrogens (tertiary/aromatic N) is 3. The van der Waals surface area contributed by atoms with Crippen molar-refractivity contribution in [3.05, 3.63) is 18.3 Å². The van der Waals surface area contributed by atoms with E-state index in [0.717, 1.165) is 45.0 Å². The lowest BCUT2D eigenvalue weighted by Gasteiger charge is -2.23. The van der Waals surface area contributed by atoms with Crippen molar-refractivity contribution in [1.29, 1.82) is 0 Å². The second kappa shape index (κ2) is 6.41. The van der Waals surface area contributed by atoms with Crippen molar-refractivity contribution in [3.63, 3.8) is 0 Å². The van der Waals surface area contributed by atoms with Crippen LogP contribution in [0.3, 0.4) is 0 Å². The Kier molecular flexibility index (Phi) is 4.60. The lowest BCUT2D eigenvalue weighted by atomic mass is 10.3. The molecule has 1 saturated heterocycles. The van der Waals surface area contributed by atoms with Crippen molar-refractivity contribution < 1.29 is 4.79 Å². The van der Waals surface area contributed by atoms with Gasteiger partial charge in [-0.15, -0.1) is 0 Å². The summed E-state index contributed by atoms with van der Waals surface area (Å²) < 4.78 is 0. The number of anilines is 2. The van der Waals surface area contributed by atoms with E-state index in [1.54, 1.807) is 6.92 Å². The highest BCUT2D eigenvalue weighted by Crippen LogP contribution is 2.19. The molecule has 0 aliphatic carbocycles. The van der Waals surface area contributed by atoms with Crippen LogP contribution in [0.15, 0.2) is 18.3 Å². The number of aromatic nitrogens is 1. The molecule has 5 nitrogen and oxygen atoms in total. The van der Waals surface area contributed by atoms with E-state index in [9.17, 15) is 4.79 Å². The van der Waals surface area contributed by atoms with Gasteiger partial charge in [0.2, 0.25) is 5.91 Å². The van der Waals surface area contributed by atoms with Crippen molar-refractivity contribution in [2.24, 2.45) is 0 Å². The van der Waals surface area contributed by atoms with E-state index in [0.29, 0.717) is 0 Å². The molecular weight excluding hydrogens is 240 g/mol. The zero-order valence-electron chi connectivity index (χ0n) is 11.7. The number of pyridine rings is 1. The van der Waals surface area contributed by atoms with Gasteiger partial charge in [-0.25, -0.2) is 4.98 Å². The monoisotopic (exact) mass is 262 g/mol. The van der Waals surface area contributed by atoms with E-state index in [2.05, 4.69) is 28.2 Å². The Hall–Kier alpha value is -1.78.